The zero-order chi connectivity index (χ0) is 14.7. The van der Waals surface area contributed by atoms with Crippen LogP contribution in [0.25, 0.3) is 0 Å². The fourth-order valence-electron chi connectivity index (χ4n) is 2.59. The van der Waals surface area contributed by atoms with E-state index in [2.05, 4.69) is 57.4 Å². The molecular formula is C16H20BrNS3. The van der Waals surface area contributed by atoms with Gasteiger partial charge in [-0.15, -0.1) is 22.7 Å². The number of hydrogen-bond donors (Lipinski definition) is 1. The van der Waals surface area contributed by atoms with Gasteiger partial charge in [0.05, 0.1) is 0 Å². The summed E-state index contributed by atoms with van der Waals surface area (Å²) >= 11 is 9.63. The van der Waals surface area contributed by atoms with Gasteiger partial charge in [0, 0.05) is 37.3 Å². The quantitative estimate of drug-likeness (QED) is 0.671. The Bertz CT molecular complexity index is 567. The Morgan fingerprint density at radius 1 is 1.43 bits per heavy atom. The molecule has 1 unspecified atom stereocenters. The first-order valence-electron chi connectivity index (χ1n) is 7.42. The van der Waals surface area contributed by atoms with Gasteiger partial charge in [-0.1, -0.05) is 6.92 Å². The second kappa shape index (κ2) is 7.64. The maximum absolute atomic E-state index is 3.75. The van der Waals surface area contributed by atoms with Gasteiger partial charge < -0.3 is 5.32 Å². The van der Waals surface area contributed by atoms with Gasteiger partial charge in [0.25, 0.3) is 0 Å². The molecule has 114 valence electrons. The van der Waals surface area contributed by atoms with E-state index in [-0.39, 0.29) is 0 Å². The number of rotatable bonds is 6. The zero-order valence-corrected chi connectivity index (χ0v) is 16.2. The molecule has 5 heteroatoms. The lowest BCUT2D eigenvalue weighted by Gasteiger charge is -2.16. The first-order chi connectivity index (χ1) is 10.3. The van der Waals surface area contributed by atoms with E-state index in [9.17, 15) is 0 Å². The third-order valence-electron chi connectivity index (χ3n) is 3.71. The van der Waals surface area contributed by atoms with Gasteiger partial charge in [-0.2, -0.15) is 11.8 Å². The molecule has 0 spiro atoms. The highest BCUT2D eigenvalue weighted by molar-refractivity contribution is 9.10. The van der Waals surface area contributed by atoms with Crippen molar-refractivity contribution in [2.75, 3.05) is 12.3 Å². The molecule has 3 heterocycles. The average Bonchev–Trinajstić information content (AvgIpc) is 3.09. The Balaban J connectivity index is 1.81. The van der Waals surface area contributed by atoms with Crippen molar-refractivity contribution in [3.63, 3.8) is 0 Å². The van der Waals surface area contributed by atoms with Crippen LogP contribution in [-0.4, -0.2) is 12.3 Å². The lowest BCUT2D eigenvalue weighted by atomic mass is 10.1. The fraction of sp³-hybridized carbons (Fsp3) is 0.500. The highest BCUT2D eigenvalue weighted by Crippen LogP contribution is 2.36. The lowest BCUT2D eigenvalue weighted by Crippen LogP contribution is -2.23. The van der Waals surface area contributed by atoms with Crippen LogP contribution in [-0.2, 0) is 18.6 Å². The van der Waals surface area contributed by atoms with Crippen molar-refractivity contribution in [2.45, 2.75) is 38.0 Å². The van der Waals surface area contributed by atoms with Crippen molar-refractivity contribution in [3.05, 3.63) is 42.2 Å². The molecule has 0 radical (unpaired) electrons. The molecule has 0 fully saturated rings. The Labute approximate surface area is 147 Å². The second-order valence-electron chi connectivity index (χ2n) is 5.30. The molecule has 1 aliphatic rings. The molecule has 0 saturated carbocycles. The number of halogens is 1. The summed E-state index contributed by atoms with van der Waals surface area (Å²) in [5, 5.41) is 5.92. The fourth-order valence-corrected chi connectivity index (χ4v) is 6.60. The van der Waals surface area contributed by atoms with Gasteiger partial charge in [0.2, 0.25) is 0 Å². The van der Waals surface area contributed by atoms with Gasteiger partial charge in [-0.25, -0.2) is 0 Å². The Hall–Kier alpha value is 0.190. The lowest BCUT2D eigenvalue weighted by molar-refractivity contribution is 0.539. The third-order valence-corrected chi connectivity index (χ3v) is 8.02. The first kappa shape index (κ1) is 16.1. The van der Waals surface area contributed by atoms with Gasteiger partial charge in [-0.3, -0.25) is 0 Å². The summed E-state index contributed by atoms with van der Waals surface area (Å²) in [7, 11) is 0. The van der Waals surface area contributed by atoms with Crippen LogP contribution in [0.2, 0.25) is 0 Å². The van der Waals surface area contributed by atoms with Gasteiger partial charge >= 0.3 is 0 Å². The predicted octanol–water partition coefficient (Wildman–Crippen LogP) is 5.64. The minimum absolute atomic E-state index is 0.459. The maximum atomic E-state index is 3.75. The summed E-state index contributed by atoms with van der Waals surface area (Å²) < 4.78 is 1.26. The van der Waals surface area contributed by atoms with Crippen LogP contribution in [0.3, 0.4) is 0 Å². The van der Waals surface area contributed by atoms with Crippen molar-refractivity contribution >= 4 is 50.4 Å². The van der Waals surface area contributed by atoms with E-state index in [0.29, 0.717) is 6.04 Å². The molecule has 1 nitrogen and oxygen atoms in total. The SMILES string of the molecule is CCCNC(Cc1sccc1Br)c1cc2c(s1)CCSC2. The number of fused-ring (bicyclic) bond motifs is 1. The number of hydrogen-bond acceptors (Lipinski definition) is 4. The summed E-state index contributed by atoms with van der Waals surface area (Å²) in [6, 6.07) is 5.08. The molecule has 0 amide bonds. The molecule has 1 N–H and O–H groups in total. The van der Waals surface area contributed by atoms with Crippen LogP contribution in [0.15, 0.2) is 22.0 Å². The Kier molecular flexibility index (Phi) is 5.85. The monoisotopic (exact) mass is 401 g/mol. The normalized spacial score (nSPS) is 15.9. The van der Waals surface area contributed by atoms with Crippen LogP contribution in [0.5, 0.6) is 0 Å². The standard InChI is InChI=1S/C16H20BrNS3/c1-2-5-18-13(9-15-12(17)3-7-20-15)16-8-11-10-19-6-4-14(11)21-16/h3,7-8,13,18H,2,4-6,9-10H2,1H3. The Morgan fingerprint density at radius 3 is 3.05 bits per heavy atom. The van der Waals surface area contributed by atoms with Gasteiger partial charge in [0.15, 0.2) is 0 Å². The first-order valence-corrected chi connectivity index (χ1v) is 11.1. The van der Waals surface area contributed by atoms with E-state index in [0.717, 1.165) is 13.0 Å². The van der Waals surface area contributed by atoms with E-state index >= 15 is 0 Å². The molecule has 2 aromatic heterocycles. The molecule has 21 heavy (non-hydrogen) atoms. The summed E-state index contributed by atoms with van der Waals surface area (Å²) in [6.07, 6.45) is 3.53. The topological polar surface area (TPSA) is 12.0 Å². The van der Waals surface area contributed by atoms with Crippen molar-refractivity contribution in [3.8, 4) is 0 Å². The zero-order valence-electron chi connectivity index (χ0n) is 12.2. The van der Waals surface area contributed by atoms with Crippen LogP contribution in [0, 0.1) is 0 Å². The molecule has 0 aliphatic carbocycles. The summed E-state index contributed by atoms with van der Waals surface area (Å²) in [5.74, 6) is 2.49. The maximum Gasteiger partial charge on any atom is 0.0464 e. The molecule has 0 aromatic carbocycles. The number of thiophene rings is 2. The van der Waals surface area contributed by atoms with E-state index in [1.54, 1.807) is 10.4 Å². The average molecular weight is 402 g/mol. The van der Waals surface area contributed by atoms with E-state index < -0.39 is 0 Å². The molecular weight excluding hydrogens is 382 g/mol. The van der Waals surface area contributed by atoms with Crippen LogP contribution in [0.4, 0.5) is 0 Å². The smallest absolute Gasteiger partial charge is 0.0464 e. The third kappa shape index (κ3) is 3.94. The molecule has 1 atom stereocenters. The molecule has 2 aromatic rings. The minimum Gasteiger partial charge on any atom is -0.309 e. The van der Waals surface area contributed by atoms with Crippen molar-refractivity contribution < 1.29 is 0 Å². The largest absolute Gasteiger partial charge is 0.309 e. The van der Waals surface area contributed by atoms with Crippen molar-refractivity contribution in [1.82, 2.24) is 5.32 Å². The molecule has 3 rings (SSSR count). The van der Waals surface area contributed by atoms with E-state index in [1.807, 2.05) is 22.7 Å². The molecule has 1 aliphatic heterocycles. The summed E-state index contributed by atoms with van der Waals surface area (Å²) in [6.45, 7) is 3.33. The van der Waals surface area contributed by atoms with Crippen LogP contribution >= 0.6 is 50.4 Å². The number of nitrogens with one attached hydrogen (secondary N) is 1. The van der Waals surface area contributed by atoms with Crippen molar-refractivity contribution in [1.29, 1.82) is 0 Å². The molecule has 0 bridgehead atoms. The second-order valence-corrected chi connectivity index (χ2v) is 9.43. The van der Waals surface area contributed by atoms with E-state index in [1.165, 1.54) is 38.6 Å². The highest BCUT2D eigenvalue weighted by Gasteiger charge is 2.20. The van der Waals surface area contributed by atoms with Crippen molar-refractivity contribution in [2.24, 2.45) is 0 Å². The summed E-state index contributed by atoms with van der Waals surface area (Å²) in [5.41, 5.74) is 1.58. The number of thioether (sulfide) groups is 1. The predicted molar refractivity (Wildman–Crippen MR) is 101 cm³/mol. The van der Waals surface area contributed by atoms with Gasteiger partial charge in [-0.05, 0) is 64.1 Å². The van der Waals surface area contributed by atoms with Gasteiger partial charge in [0.1, 0.15) is 0 Å². The minimum atomic E-state index is 0.459. The van der Waals surface area contributed by atoms with Crippen LogP contribution < -0.4 is 5.32 Å². The van der Waals surface area contributed by atoms with Crippen LogP contribution in [0.1, 0.15) is 39.6 Å². The Morgan fingerprint density at radius 2 is 2.33 bits per heavy atom. The summed E-state index contributed by atoms with van der Waals surface area (Å²) in [4.78, 5) is 4.60. The van der Waals surface area contributed by atoms with E-state index in [4.69, 9.17) is 0 Å². The number of aryl methyl sites for hydroxylation is 1. The highest BCUT2D eigenvalue weighted by atomic mass is 79.9. The molecule has 0 saturated heterocycles.